The van der Waals surface area contributed by atoms with E-state index in [2.05, 4.69) is 32.3 Å². The first-order chi connectivity index (χ1) is 8.57. The molecule has 2 fully saturated rings. The zero-order valence-electron chi connectivity index (χ0n) is 12.4. The normalized spacial score (nSPS) is 39.3. The van der Waals surface area contributed by atoms with Crippen molar-refractivity contribution in [1.82, 2.24) is 5.32 Å². The molecule has 0 aromatic carbocycles. The van der Waals surface area contributed by atoms with E-state index in [9.17, 15) is 0 Å². The van der Waals surface area contributed by atoms with E-state index in [1.165, 1.54) is 32.1 Å². The largest absolute Gasteiger partial charge is 0.378 e. The van der Waals surface area contributed by atoms with E-state index in [1.807, 2.05) is 11.8 Å². The van der Waals surface area contributed by atoms with Crippen molar-refractivity contribution in [3.63, 3.8) is 0 Å². The smallest absolute Gasteiger partial charge is 0.0655 e. The molecule has 0 aromatic heterocycles. The summed E-state index contributed by atoms with van der Waals surface area (Å²) in [5, 5.41) is 4.80. The van der Waals surface area contributed by atoms with E-state index >= 15 is 0 Å². The van der Waals surface area contributed by atoms with Gasteiger partial charge in [0.15, 0.2) is 0 Å². The van der Waals surface area contributed by atoms with Crippen molar-refractivity contribution in [2.45, 2.75) is 76.3 Å². The molecule has 2 unspecified atom stereocenters. The van der Waals surface area contributed by atoms with Gasteiger partial charge >= 0.3 is 0 Å². The number of ether oxygens (including phenoxy) is 1. The van der Waals surface area contributed by atoms with Crippen LogP contribution in [0.1, 0.15) is 52.9 Å². The van der Waals surface area contributed by atoms with Crippen molar-refractivity contribution >= 4 is 11.8 Å². The molecule has 0 heterocycles. The van der Waals surface area contributed by atoms with E-state index in [1.54, 1.807) is 0 Å². The zero-order chi connectivity index (χ0) is 13.2. The highest BCUT2D eigenvalue weighted by molar-refractivity contribution is 7.99. The Kier molecular flexibility index (Phi) is 5.01. The van der Waals surface area contributed by atoms with Crippen LogP contribution < -0.4 is 5.32 Å². The molecule has 3 heteroatoms. The Labute approximate surface area is 117 Å². The number of thioether (sulfide) groups is 1. The van der Waals surface area contributed by atoms with Crippen molar-refractivity contribution in [3.8, 4) is 0 Å². The molecule has 2 saturated carbocycles. The Hall–Kier alpha value is 0.270. The van der Waals surface area contributed by atoms with Crippen molar-refractivity contribution in [1.29, 1.82) is 0 Å². The highest BCUT2D eigenvalue weighted by Gasteiger charge is 2.49. The van der Waals surface area contributed by atoms with Crippen LogP contribution >= 0.6 is 11.8 Å². The molecule has 0 aromatic rings. The highest BCUT2D eigenvalue weighted by Crippen LogP contribution is 2.43. The van der Waals surface area contributed by atoms with Crippen LogP contribution in [0.5, 0.6) is 0 Å². The molecule has 2 nitrogen and oxygen atoms in total. The van der Waals surface area contributed by atoms with E-state index < -0.39 is 0 Å². The molecule has 0 amide bonds. The number of hydrogen-bond acceptors (Lipinski definition) is 3. The second kappa shape index (κ2) is 6.15. The highest BCUT2D eigenvalue weighted by atomic mass is 32.2. The second-order valence-corrected chi connectivity index (χ2v) is 7.57. The molecule has 2 rings (SSSR count). The predicted molar refractivity (Wildman–Crippen MR) is 80.3 cm³/mol. The van der Waals surface area contributed by atoms with Crippen LogP contribution in [0.4, 0.5) is 0 Å². The Morgan fingerprint density at radius 3 is 2.39 bits per heavy atom. The minimum absolute atomic E-state index is 0.312. The number of nitrogens with one attached hydrogen (secondary N) is 1. The molecule has 2 atom stereocenters. The van der Waals surface area contributed by atoms with E-state index in [4.69, 9.17) is 4.74 Å². The van der Waals surface area contributed by atoms with Crippen molar-refractivity contribution in [2.24, 2.45) is 5.41 Å². The summed E-state index contributed by atoms with van der Waals surface area (Å²) in [6.07, 6.45) is 9.41. The molecular formula is C15H29NOS. The lowest BCUT2D eigenvalue weighted by atomic mass is 9.64. The monoisotopic (exact) mass is 271 g/mol. The second-order valence-electron chi connectivity index (χ2n) is 6.43. The molecule has 0 bridgehead atoms. The fourth-order valence-electron chi connectivity index (χ4n) is 3.40. The van der Waals surface area contributed by atoms with Gasteiger partial charge in [-0.15, -0.1) is 0 Å². The standard InChI is InChI=1S/C15H29NOS/c1-5-17-14-10-13(15(14,2)3)16-11-6-8-12(18-4)9-7-11/h11-14,16H,5-10H2,1-4H3. The quantitative estimate of drug-likeness (QED) is 0.827. The number of rotatable bonds is 5. The minimum Gasteiger partial charge on any atom is -0.378 e. The van der Waals surface area contributed by atoms with Gasteiger partial charge in [-0.1, -0.05) is 13.8 Å². The van der Waals surface area contributed by atoms with Crippen molar-refractivity contribution in [3.05, 3.63) is 0 Å². The van der Waals surface area contributed by atoms with Crippen LogP contribution in [0.25, 0.3) is 0 Å². The molecule has 1 N–H and O–H groups in total. The van der Waals surface area contributed by atoms with Gasteiger partial charge in [0.25, 0.3) is 0 Å². The maximum absolute atomic E-state index is 5.80. The third-order valence-electron chi connectivity index (χ3n) is 4.99. The average molecular weight is 271 g/mol. The molecule has 2 aliphatic carbocycles. The van der Waals surface area contributed by atoms with Gasteiger partial charge in [-0.2, -0.15) is 11.8 Å². The summed E-state index contributed by atoms with van der Waals surface area (Å²) >= 11 is 2.05. The van der Waals surface area contributed by atoms with Crippen LogP contribution in [0.2, 0.25) is 0 Å². The lowest BCUT2D eigenvalue weighted by molar-refractivity contribution is -0.117. The molecular weight excluding hydrogens is 242 g/mol. The van der Waals surface area contributed by atoms with Gasteiger partial charge in [0, 0.05) is 29.4 Å². The fourth-order valence-corrected chi connectivity index (χ4v) is 4.15. The van der Waals surface area contributed by atoms with Gasteiger partial charge in [0.05, 0.1) is 6.10 Å². The third kappa shape index (κ3) is 3.05. The Morgan fingerprint density at radius 1 is 1.22 bits per heavy atom. The van der Waals surface area contributed by atoms with Crippen LogP contribution in [-0.2, 0) is 4.74 Å². The fraction of sp³-hybridized carbons (Fsp3) is 1.00. The molecule has 2 aliphatic rings. The third-order valence-corrected chi connectivity index (χ3v) is 6.13. The summed E-state index contributed by atoms with van der Waals surface area (Å²) in [4.78, 5) is 0. The Balaban J connectivity index is 1.75. The summed E-state index contributed by atoms with van der Waals surface area (Å²) in [6.45, 7) is 7.64. The SMILES string of the molecule is CCOC1CC(NC2CCC(SC)CC2)C1(C)C. The first kappa shape index (κ1) is 14.7. The maximum Gasteiger partial charge on any atom is 0.0655 e. The summed E-state index contributed by atoms with van der Waals surface area (Å²) in [5.74, 6) is 0. The lowest BCUT2D eigenvalue weighted by Gasteiger charge is -2.53. The molecule has 0 spiro atoms. The van der Waals surface area contributed by atoms with Crippen LogP contribution in [0.15, 0.2) is 0 Å². The summed E-state index contributed by atoms with van der Waals surface area (Å²) in [6, 6.07) is 1.41. The van der Waals surface area contributed by atoms with Crippen molar-refractivity contribution in [2.75, 3.05) is 12.9 Å². The van der Waals surface area contributed by atoms with Crippen LogP contribution in [0.3, 0.4) is 0 Å². The van der Waals surface area contributed by atoms with Crippen molar-refractivity contribution < 1.29 is 4.74 Å². The molecule has 0 aliphatic heterocycles. The minimum atomic E-state index is 0.312. The zero-order valence-corrected chi connectivity index (χ0v) is 13.2. The molecule has 18 heavy (non-hydrogen) atoms. The average Bonchev–Trinajstić information content (AvgIpc) is 2.38. The summed E-state index contributed by atoms with van der Waals surface area (Å²) < 4.78 is 5.80. The lowest BCUT2D eigenvalue weighted by Crippen LogP contribution is -2.63. The van der Waals surface area contributed by atoms with E-state index in [0.29, 0.717) is 17.6 Å². The van der Waals surface area contributed by atoms with Gasteiger partial charge in [-0.25, -0.2) is 0 Å². The van der Waals surface area contributed by atoms with E-state index in [-0.39, 0.29) is 0 Å². The van der Waals surface area contributed by atoms with Gasteiger partial charge in [-0.3, -0.25) is 0 Å². The van der Waals surface area contributed by atoms with Gasteiger partial charge in [-0.05, 0) is 45.3 Å². The van der Waals surface area contributed by atoms with Crippen LogP contribution in [-0.4, -0.2) is 36.3 Å². The summed E-state index contributed by atoms with van der Waals surface area (Å²) in [7, 11) is 0. The number of hydrogen-bond donors (Lipinski definition) is 1. The predicted octanol–water partition coefficient (Wildman–Crippen LogP) is 3.45. The topological polar surface area (TPSA) is 21.3 Å². The molecule has 0 radical (unpaired) electrons. The van der Waals surface area contributed by atoms with E-state index in [0.717, 1.165) is 17.9 Å². The maximum atomic E-state index is 5.80. The molecule has 0 saturated heterocycles. The Morgan fingerprint density at radius 2 is 1.89 bits per heavy atom. The van der Waals surface area contributed by atoms with Crippen LogP contribution in [0, 0.1) is 5.41 Å². The van der Waals surface area contributed by atoms with Gasteiger partial charge < -0.3 is 10.1 Å². The van der Waals surface area contributed by atoms with Gasteiger partial charge in [0.1, 0.15) is 0 Å². The van der Waals surface area contributed by atoms with Gasteiger partial charge in [0.2, 0.25) is 0 Å². The molecule has 106 valence electrons. The first-order valence-corrected chi connectivity index (χ1v) is 8.77. The first-order valence-electron chi connectivity index (χ1n) is 7.48. The summed E-state index contributed by atoms with van der Waals surface area (Å²) in [5.41, 5.74) is 0.312. The Bertz CT molecular complexity index is 261.